The molecule has 12 heteroatoms. The van der Waals surface area contributed by atoms with Gasteiger partial charge in [-0.05, 0) is 26.2 Å². The maximum Gasteiger partial charge on any atom is 0.528 e. The Hall–Kier alpha value is -2.18. The number of carbonyl (C=O) groups is 4. The lowest BCUT2D eigenvalue weighted by Crippen LogP contribution is -2.48. The molecule has 0 radical (unpaired) electrons. The van der Waals surface area contributed by atoms with Gasteiger partial charge in [0.25, 0.3) is 5.60 Å². The molecule has 2 aliphatic rings. The van der Waals surface area contributed by atoms with Crippen molar-refractivity contribution in [1.29, 1.82) is 0 Å². The van der Waals surface area contributed by atoms with Gasteiger partial charge in [-0.2, -0.15) is 0 Å². The second-order valence-electron chi connectivity index (χ2n) is 7.89. The Bertz CT molecular complexity index is 671. The van der Waals surface area contributed by atoms with Crippen molar-refractivity contribution in [3.8, 4) is 0 Å². The molecule has 0 aliphatic carbocycles. The fourth-order valence-corrected chi connectivity index (χ4v) is 3.42. The van der Waals surface area contributed by atoms with Crippen LogP contribution < -0.4 is 5.32 Å². The van der Waals surface area contributed by atoms with E-state index in [0.717, 1.165) is 46.4 Å². The number of carbonyl (C=O) groups excluding carboxylic acids is 4. The van der Waals surface area contributed by atoms with E-state index in [1.165, 1.54) is 0 Å². The van der Waals surface area contributed by atoms with Crippen LogP contribution in [0.3, 0.4) is 0 Å². The molecule has 11 nitrogen and oxygen atoms in total. The molecule has 0 aromatic rings. The Labute approximate surface area is 188 Å². The Morgan fingerprint density at radius 2 is 2.00 bits per heavy atom. The van der Waals surface area contributed by atoms with Gasteiger partial charge in [-0.3, -0.25) is 14.5 Å². The first-order chi connectivity index (χ1) is 15.3. The lowest BCUT2D eigenvalue weighted by molar-refractivity contribution is -0.173. The van der Waals surface area contributed by atoms with Crippen molar-refractivity contribution >= 4 is 30.9 Å². The summed E-state index contributed by atoms with van der Waals surface area (Å²) in [5, 5.41) is 2.87. The molecule has 0 spiro atoms. The number of rotatable bonds is 12. The number of nitrogens with one attached hydrogen (secondary N) is 1. The van der Waals surface area contributed by atoms with Crippen molar-refractivity contribution in [1.82, 2.24) is 10.2 Å². The van der Waals surface area contributed by atoms with Crippen molar-refractivity contribution < 1.29 is 42.7 Å². The lowest BCUT2D eigenvalue weighted by atomic mass is 9.86. The average molecular weight is 456 g/mol. The molecule has 2 fully saturated rings. The smallest absolute Gasteiger partial charge is 0.507 e. The van der Waals surface area contributed by atoms with Crippen molar-refractivity contribution in [3.05, 3.63) is 0 Å². The molecule has 2 unspecified atom stereocenters. The van der Waals surface area contributed by atoms with Crippen LogP contribution in [0.5, 0.6) is 0 Å². The average Bonchev–Trinajstić information content (AvgIpc) is 3.10. The quantitative estimate of drug-likeness (QED) is 0.242. The highest BCUT2D eigenvalue weighted by molar-refractivity contribution is 6.50. The van der Waals surface area contributed by atoms with Gasteiger partial charge in [0.05, 0.1) is 33.4 Å². The molecule has 2 rings (SSSR count). The number of methoxy groups -OCH3 is 1. The monoisotopic (exact) mass is 456 g/mol. The van der Waals surface area contributed by atoms with Crippen LogP contribution in [0.15, 0.2) is 0 Å². The van der Waals surface area contributed by atoms with Gasteiger partial charge >= 0.3 is 25.0 Å². The van der Waals surface area contributed by atoms with E-state index in [1.807, 2.05) is 0 Å². The summed E-state index contributed by atoms with van der Waals surface area (Å²) in [4.78, 5) is 51.0. The molecule has 0 saturated carbocycles. The maximum atomic E-state index is 12.6. The molecule has 2 saturated heterocycles. The molecule has 32 heavy (non-hydrogen) atoms. The molecule has 1 amide bonds. The number of hydrogen-bond donors (Lipinski definition) is 1. The highest BCUT2D eigenvalue weighted by Gasteiger charge is 2.60. The standard InChI is InChI=1S/C20H33BN2O9/c1-4-21-31-19(27)20(32-21,14-17(25)28-3)18(26)30-11-7-15(2)22-16(24)6-5-8-23-9-12-29-13-10-23/h15H,4-14H2,1-3H3,(H,22,24). The van der Waals surface area contributed by atoms with E-state index in [9.17, 15) is 19.2 Å². The zero-order valence-corrected chi connectivity index (χ0v) is 19.1. The second kappa shape index (κ2) is 12.8. The number of morpholine rings is 1. The fraction of sp³-hybridized carbons (Fsp3) is 0.800. The molecule has 0 aromatic heterocycles. The van der Waals surface area contributed by atoms with Crippen LogP contribution in [-0.2, 0) is 42.7 Å². The zero-order chi connectivity index (χ0) is 23.6. The van der Waals surface area contributed by atoms with E-state index >= 15 is 0 Å². The van der Waals surface area contributed by atoms with Crippen LogP contribution in [0.4, 0.5) is 0 Å². The molecule has 2 heterocycles. The molecule has 1 N–H and O–H groups in total. The Balaban J connectivity index is 1.74. The molecule has 2 atom stereocenters. The van der Waals surface area contributed by atoms with Crippen LogP contribution >= 0.6 is 0 Å². The predicted octanol–water partition coefficient (Wildman–Crippen LogP) is -0.0798. The third-order valence-electron chi connectivity index (χ3n) is 5.36. The summed E-state index contributed by atoms with van der Waals surface area (Å²) >= 11 is 0. The molecular formula is C20H33BN2O9. The highest BCUT2D eigenvalue weighted by Crippen LogP contribution is 2.30. The number of nitrogens with zero attached hydrogens (tertiary/aromatic N) is 1. The van der Waals surface area contributed by atoms with Gasteiger partial charge in [-0.1, -0.05) is 6.92 Å². The summed E-state index contributed by atoms with van der Waals surface area (Å²) in [6.07, 6.45) is 1.18. The van der Waals surface area contributed by atoms with Crippen LogP contribution in [-0.4, -0.2) is 94.0 Å². The van der Waals surface area contributed by atoms with Crippen LogP contribution in [0.2, 0.25) is 6.32 Å². The van der Waals surface area contributed by atoms with E-state index in [4.69, 9.17) is 18.8 Å². The highest BCUT2D eigenvalue weighted by atomic mass is 16.7. The Kier molecular flexibility index (Phi) is 10.4. The van der Waals surface area contributed by atoms with E-state index in [2.05, 4.69) is 15.0 Å². The summed E-state index contributed by atoms with van der Waals surface area (Å²) in [7, 11) is 0.208. The van der Waals surface area contributed by atoms with Crippen molar-refractivity contribution in [2.75, 3.05) is 46.6 Å². The topological polar surface area (TPSA) is 130 Å². The predicted molar refractivity (Wildman–Crippen MR) is 112 cm³/mol. The largest absolute Gasteiger partial charge is 0.528 e. The SMILES string of the molecule is CCB1OC(=O)C(CC(=O)OC)(C(=O)OCCC(C)NC(=O)CCCN2CCOCC2)O1. The third-order valence-corrected chi connectivity index (χ3v) is 5.36. The van der Waals surface area contributed by atoms with Gasteiger partial charge in [-0.25, -0.2) is 9.59 Å². The molecule has 2 aliphatic heterocycles. The summed E-state index contributed by atoms with van der Waals surface area (Å²) in [5.74, 6) is -2.85. The van der Waals surface area contributed by atoms with Gasteiger partial charge in [0.15, 0.2) is 0 Å². The number of amides is 1. The van der Waals surface area contributed by atoms with Gasteiger partial charge in [0, 0.05) is 32.0 Å². The third kappa shape index (κ3) is 7.45. The zero-order valence-electron chi connectivity index (χ0n) is 19.1. The fourth-order valence-electron chi connectivity index (χ4n) is 3.42. The maximum absolute atomic E-state index is 12.6. The Morgan fingerprint density at radius 3 is 2.62 bits per heavy atom. The summed E-state index contributed by atoms with van der Waals surface area (Å²) in [5.41, 5.74) is -2.17. The van der Waals surface area contributed by atoms with Gasteiger partial charge in [0.2, 0.25) is 5.91 Å². The lowest BCUT2D eigenvalue weighted by Gasteiger charge is -2.26. The van der Waals surface area contributed by atoms with E-state index < -0.39 is 37.0 Å². The number of ether oxygens (including phenoxy) is 3. The van der Waals surface area contributed by atoms with E-state index in [1.54, 1.807) is 13.8 Å². The normalized spacial score (nSPS) is 22.2. The minimum absolute atomic E-state index is 0.0651. The van der Waals surface area contributed by atoms with E-state index in [-0.39, 0.29) is 18.6 Å². The first kappa shape index (κ1) is 26.1. The minimum Gasteiger partial charge on any atom is -0.507 e. The summed E-state index contributed by atoms with van der Waals surface area (Å²) in [6.45, 7) is 7.52. The molecule has 180 valence electrons. The van der Waals surface area contributed by atoms with Crippen LogP contribution in [0.25, 0.3) is 0 Å². The molecule has 0 bridgehead atoms. The Morgan fingerprint density at radius 1 is 1.28 bits per heavy atom. The van der Waals surface area contributed by atoms with Crippen molar-refractivity contribution in [2.45, 2.75) is 57.5 Å². The van der Waals surface area contributed by atoms with Gasteiger partial charge in [-0.15, -0.1) is 0 Å². The van der Waals surface area contributed by atoms with E-state index in [0.29, 0.717) is 19.2 Å². The molecular weight excluding hydrogens is 423 g/mol. The van der Waals surface area contributed by atoms with Gasteiger partial charge < -0.3 is 28.8 Å². The molecule has 0 aromatic carbocycles. The van der Waals surface area contributed by atoms with Crippen LogP contribution in [0, 0.1) is 0 Å². The minimum atomic E-state index is -2.17. The van der Waals surface area contributed by atoms with Crippen LogP contribution in [0.1, 0.15) is 39.5 Å². The van der Waals surface area contributed by atoms with Crippen molar-refractivity contribution in [2.24, 2.45) is 0 Å². The summed E-state index contributed by atoms with van der Waals surface area (Å²) < 4.78 is 25.5. The summed E-state index contributed by atoms with van der Waals surface area (Å²) in [6, 6.07) is -0.241. The number of hydrogen-bond acceptors (Lipinski definition) is 10. The van der Waals surface area contributed by atoms with Gasteiger partial charge in [0.1, 0.15) is 0 Å². The first-order valence-corrected chi connectivity index (χ1v) is 11.0. The van der Waals surface area contributed by atoms with Crippen molar-refractivity contribution in [3.63, 3.8) is 0 Å². The number of esters is 2. The second-order valence-corrected chi connectivity index (χ2v) is 7.89. The first-order valence-electron chi connectivity index (χ1n) is 11.0.